The molecule has 164 valence electrons. The van der Waals surface area contributed by atoms with Crippen LogP contribution >= 0.6 is 0 Å². The number of piperidine rings is 1. The number of carbonyl (C=O) groups excluding carboxylic acids is 2. The molecule has 0 aromatic heterocycles. The van der Waals surface area contributed by atoms with Crippen molar-refractivity contribution in [3.63, 3.8) is 0 Å². The van der Waals surface area contributed by atoms with Gasteiger partial charge in [0.15, 0.2) is 17.3 Å². The fourth-order valence-corrected chi connectivity index (χ4v) is 5.24. The van der Waals surface area contributed by atoms with Gasteiger partial charge >= 0.3 is 0 Å². The highest BCUT2D eigenvalue weighted by molar-refractivity contribution is 7.89. The summed E-state index contributed by atoms with van der Waals surface area (Å²) >= 11 is 0. The second-order valence-corrected chi connectivity index (χ2v) is 9.55. The number of sulfonamides is 1. The van der Waals surface area contributed by atoms with E-state index in [1.165, 1.54) is 23.4 Å². The molecule has 2 aromatic carbocycles. The van der Waals surface area contributed by atoms with Gasteiger partial charge in [-0.2, -0.15) is 4.31 Å². The number of nitrogens with zero attached hydrogens (tertiary/aromatic N) is 1. The summed E-state index contributed by atoms with van der Waals surface area (Å²) in [6, 6.07) is 11.4. The molecule has 2 heterocycles. The minimum absolute atomic E-state index is 0.0752. The number of hydrogen-bond acceptors (Lipinski definition) is 6. The quantitative estimate of drug-likeness (QED) is 0.712. The number of fused-ring (bicyclic) bond motifs is 1. The Labute approximate surface area is 181 Å². The standard InChI is InChI=1S/C22H24N2O6S/c1-15(25)17-3-2-4-18(13-17)23-22(26)16-7-9-24(10-8-16)31(27,28)19-5-6-20-21(14-19)30-12-11-29-20/h2-6,13-14,16H,7-12H2,1H3,(H,23,26). The maximum Gasteiger partial charge on any atom is 0.243 e. The minimum Gasteiger partial charge on any atom is -0.486 e. The molecule has 2 aliphatic rings. The average Bonchev–Trinajstić information content (AvgIpc) is 2.79. The Kier molecular flexibility index (Phi) is 5.97. The number of benzene rings is 2. The largest absolute Gasteiger partial charge is 0.486 e. The highest BCUT2D eigenvalue weighted by atomic mass is 32.2. The second-order valence-electron chi connectivity index (χ2n) is 7.61. The first-order valence-corrected chi connectivity index (χ1v) is 11.6. The van der Waals surface area contributed by atoms with Crippen LogP contribution in [0.1, 0.15) is 30.1 Å². The number of nitrogens with one attached hydrogen (secondary N) is 1. The Hall–Kier alpha value is -2.91. The van der Waals surface area contributed by atoms with Crippen molar-refractivity contribution in [3.8, 4) is 11.5 Å². The molecular weight excluding hydrogens is 420 g/mol. The molecule has 0 unspecified atom stereocenters. The third-order valence-corrected chi connectivity index (χ3v) is 7.41. The molecular formula is C22H24N2O6S. The summed E-state index contributed by atoms with van der Waals surface area (Å²) in [6.45, 7) is 2.80. The molecule has 0 aliphatic carbocycles. The van der Waals surface area contributed by atoms with Crippen molar-refractivity contribution in [2.45, 2.75) is 24.7 Å². The summed E-state index contributed by atoms with van der Waals surface area (Å²) in [5.74, 6) is 0.419. The molecule has 1 fully saturated rings. The van der Waals surface area contributed by atoms with Crippen LogP contribution in [0.3, 0.4) is 0 Å². The highest BCUT2D eigenvalue weighted by Crippen LogP contribution is 2.34. The third kappa shape index (κ3) is 4.57. The summed E-state index contributed by atoms with van der Waals surface area (Å²) in [5, 5.41) is 2.84. The van der Waals surface area contributed by atoms with E-state index in [2.05, 4.69) is 5.32 Å². The fraction of sp³-hybridized carbons (Fsp3) is 0.364. The van der Waals surface area contributed by atoms with Crippen LogP contribution in [0.2, 0.25) is 0 Å². The molecule has 0 spiro atoms. The number of carbonyl (C=O) groups is 2. The number of rotatable bonds is 5. The molecule has 1 amide bonds. The molecule has 2 aliphatic heterocycles. The van der Waals surface area contributed by atoms with E-state index >= 15 is 0 Å². The fourth-order valence-electron chi connectivity index (χ4n) is 3.75. The van der Waals surface area contributed by atoms with Gasteiger partial charge in [-0.25, -0.2) is 8.42 Å². The zero-order valence-corrected chi connectivity index (χ0v) is 18.0. The molecule has 1 N–H and O–H groups in total. The van der Waals surface area contributed by atoms with Gasteiger partial charge in [0.1, 0.15) is 13.2 Å². The molecule has 8 nitrogen and oxygen atoms in total. The van der Waals surface area contributed by atoms with Crippen molar-refractivity contribution < 1.29 is 27.5 Å². The van der Waals surface area contributed by atoms with Crippen LogP contribution in [0.15, 0.2) is 47.4 Å². The lowest BCUT2D eigenvalue weighted by atomic mass is 9.97. The van der Waals surface area contributed by atoms with Gasteiger partial charge in [-0.15, -0.1) is 0 Å². The monoisotopic (exact) mass is 444 g/mol. The van der Waals surface area contributed by atoms with Gasteiger partial charge in [0.05, 0.1) is 4.90 Å². The Morgan fingerprint density at radius 3 is 2.42 bits per heavy atom. The van der Waals surface area contributed by atoms with E-state index in [9.17, 15) is 18.0 Å². The van der Waals surface area contributed by atoms with E-state index in [4.69, 9.17) is 9.47 Å². The molecule has 4 rings (SSSR count). The van der Waals surface area contributed by atoms with Crippen molar-refractivity contribution >= 4 is 27.4 Å². The number of hydrogen-bond donors (Lipinski definition) is 1. The molecule has 9 heteroatoms. The van der Waals surface area contributed by atoms with Crippen LogP contribution in [0.5, 0.6) is 11.5 Å². The minimum atomic E-state index is -3.69. The first kappa shape index (κ1) is 21.3. The zero-order chi connectivity index (χ0) is 22.0. The molecule has 1 saturated heterocycles. The van der Waals surface area contributed by atoms with Crippen molar-refractivity contribution in [2.24, 2.45) is 5.92 Å². The van der Waals surface area contributed by atoms with Crippen molar-refractivity contribution in [1.29, 1.82) is 0 Å². The summed E-state index contributed by atoms with van der Waals surface area (Å²) in [4.78, 5) is 24.3. The summed E-state index contributed by atoms with van der Waals surface area (Å²) < 4.78 is 38.4. The zero-order valence-electron chi connectivity index (χ0n) is 17.2. The second kappa shape index (κ2) is 8.68. The molecule has 0 saturated carbocycles. The van der Waals surface area contributed by atoms with Crippen LogP contribution in [-0.2, 0) is 14.8 Å². The van der Waals surface area contributed by atoms with Crippen LogP contribution in [0.25, 0.3) is 0 Å². The number of ether oxygens (including phenoxy) is 2. The molecule has 0 radical (unpaired) electrons. The van der Waals surface area contributed by atoms with E-state index in [0.717, 1.165) is 0 Å². The number of ketones is 1. The van der Waals surface area contributed by atoms with Crippen LogP contribution in [0.4, 0.5) is 5.69 Å². The van der Waals surface area contributed by atoms with Crippen LogP contribution in [0, 0.1) is 5.92 Å². The van der Waals surface area contributed by atoms with Crippen molar-refractivity contribution in [1.82, 2.24) is 4.31 Å². The van der Waals surface area contributed by atoms with E-state index in [-0.39, 0.29) is 35.6 Å². The lowest BCUT2D eigenvalue weighted by Gasteiger charge is -2.31. The predicted octanol–water partition coefficient (Wildman–Crippen LogP) is 2.70. The Bertz CT molecular complexity index is 1110. The topological polar surface area (TPSA) is 102 Å². The first-order chi connectivity index (χ1) is 14.8. The number of amides is 1. The van der Waals surface area contributed by atoms with E-state index in [1.54, 1.807) is 30.3 Å². The smallest absolute Gasteiger partial charge is 0.243 e. The van der Waals surface area contributed by atoms with Gasteiger partial charge < -0.3 is 14.8 Å². The number of Topliss-reactive ketones (excluding diaryl/α,β-unsaturated/α-hetero) is 1. The van der Waals surface area contributed by atoms with Gasteiger partial charge in [0.2, 0.25) is 15.9 Å². The van der Waals surface area contributed by atoms with Crippen LogP contribution < -0.4 is 14.8 Å². The predicted molar refractivity (Wildman–Crippen MR) is 114 cm³/mol. The van der Waals surface area contributed by atoms with Crippen molar-refractivity contribution in [2.75, 3.05) is 31.6 Å². The summed E-state index contributed by atoms with van der Waals surface area (Å²) in [7, 11) is -3.69. The van der Waals surface area contributed by atoms with E-state index < -0.39 is 10.0 Å². The Morgan fingerprint density at radius 1 is 1.00 bits per heavy atom. The summed E-state index contributed by atoms with van der Waals surface area (Å²) in [6.07, 6.45) is 0.837. The van der Waals surface area contributed by atoms with Gasteiger partial charge in [-0.1, -0.05) is 12.1 Å². The van der Waals surface area contributed by atoms with Crippen LogP contribution in [-0.4, -0.2) is 50.7 Å². The maximum absolute atomic E-state index is 13.0. The van der Waals surface area contributed by atoms with Gasteiger partial charge in [0, 0.05) is 36.3 Å². The van der Waals surface area contributed by atoms with Gasteiger partial charge in [-0.3, -0.25) is 9.59 Å². The summed E-state index contributed by atoms with van der Waals surface area (Å²) in [5.41, 5.74) is 1.09. The number of anilines is 1. The van der Waals surface area contributed by atoms with Gasteiger partial charge in [-0.05, 0) is 44.0 Å². The normalized spacial score (nSPS) is 17.2. The highest BCUT2D eigenvalue weighted by Gasteiger charge is 2.33. The SMILES string of the molecule is CC(=O)c1cccc(NC(=O)C2CCN(S(=O)(=O)c3ccc4c(c3)OCCO4)CC2)c1. The lowest BCUT2D eigenvalue weighted by molar-refractivity contribution is -0.120. The molecule has 2 aromatic rings. The molecule has 0 bridgehead atoms. The van der Waals surface area contributed by atoms with E-state index in [0.29, 0.717) is 48.8 Å². The van der Waals surface area contributed by atoms with Crippen molar-refractivity contribution in [3.05, 3.63) is 48.0 Å². The Balaban J connectivity index is 1.39. The third-order valence-electron chi connectivity index (χ3n) is 5.51. The van der Waals surface area contributed by atoms with E-state index in [1.807, 2.05) is 0 Å². The maximum atomic E-state index is 13.0. The average molecular weight is 445 g/mol. The molecule has 31 heavy (non-hydrogen) atoms. The Morgan fingerprint density at radius 2 is 1.71 bits per heavy atom. The first-order valence-electron chi connectivity index (χ1n) is 10.2. The van der Waals surface area contributed by atoms with Gasteiger partial charge in [0.25, 0.3) is 0 Å². The molecule has 0 atom stereocenters. The lowest BCUT2D eigenvalue weighted by Crippen LogP contribution is -2.41.